The SMILES string of the molecule is Cl.O=C(O)c1cnc2c(c1)CCNCC2. The molecule has 5 heteroatoms. The van der Waals surface area contributed by atoms with Gasteiger partial charge >= 0.3 is 5.97 Å². The van der Waals surface area contributed by atoms with Crippen molar-refractivity contribution in [3.8, 4) is 0 Å². The normalized spacial score (nSPS) is 14.7. The first-order valence-corrected chi connectivity index (χ1v) is 4.69. The van der Waals surface area contributed by atoms with E-state index in [0.717, 1.165) is 37.2 Å². The maximum absolute atomic E-state index is 10.7. The summed E-state index contributed by atoms with van der Waals surface area (Å²) in [6.45, 7) is 1.82. The Morgan fingerprint density at radius 2 is 2.13 bits per heavy atom. The van der Waals surface area contributed by atoms with Crippen molar-refractivity contribution in [2.45, 2.75) is 12.8 Å². The number of aromatic carboxylic acids is 1. The lowest BCUT2D eigenvalue weighted by molar-refractivity contribution is 0.0696. The molecule has 0 bridgehead atoms. The zero-order valence-corrected chi connectivity index (χ0v) is 9.01. The Labute approximate surface area is 94.1 Å². The molecule has 1 aliphatic heterocycles. The molecule has 0 aliphatic carbocycles. The summed E-state index contributed by atoms with van der Waals surface area (Å²) >= 11 is 0. The Kier molecular flexibility index (Phi) is 4.05. The molecule has 0 aromatic carbocycles. The van der Waals surface area contributed by atoms with Crippen LogP contribution in [0, 0.1) is 0 Å². The molecule has 1 aromatic heterocycles. The fourth-order valence-electron chi connectivity index (χ4n) is 1.65. The first-order valence-electron chi connectivity index (χ1n) is 4.69. The number of rotatable bonds is 1. The number of pyridine rings is 1. The number of hydrogen-bond acceptors (Lipinski definition) is 3. The molecule has 0 saturated heterocycles. The summed E-state index contributed by atoms with van der Waals surface area (Å²) in [5.41, 5.74) is 2.38. The second-order valence-corrected chi connectivity index (χ2v) is 3.38. The molecule has 0 amide bonds. The van der Waals surface area contributed by atoms with Crippen molar-refractivity contribution < 1.29 is 9.90 Å². The summed E-state index contributed by atoms with van der Waals surface area (Å²) in [7, 11) is 0. The van der Waals surface area contributed by atoms with Gasteiger partial charge < -0.3 is 10.4 Å². The van der Waals surface area contributed by atoms with Gasteiger partial charge in [-0.15, -0.1) is 12.4 Å². The van der Waals surface area contributed by atoms with Gasteiger partial charge in [0.25, 0.3) is 0 Å². The van der Waals surface area contributed by atoms with E-state index in [4.69, 9.17) is 5.11 Å². The van der Waals surface area contributed by atoms with Crippen LogP contribution < -0.4 is 5.32 Å². The number of aromatic nitrogens is 1. The van der Waals surface area contributed by atoms with Gasteiger partial charge in [-0.05, 0) is 24.6 Å². The van der Waals surface area contributed by atoms with E-state index in [2.05, 4.69) is 10.3 Å². The van der Waals surface area contributed by atoms with Gasteiger partial charge in [0.1, 0.15) is 0 Å². The molecular formula is C10H13ClN2O2. The lowest BCUT2D eigenvalue weighted by Crippen LogP contribution is -2.16. The van der Waals surface area contributed by atoms with Gasteiger partial charge in [0, 0.05) is 24.9 Å². The quantitative estimate of drug-likeness (QED) is 0.750. The number of carbonyl (C=O) groups is 1. The fraction of sp³-hybridized carbons (Fsp3) is 0.400. The minimum absolute atomic E-state index is 0. The highest BCUT2D eigenvalue weighted by molar-refractivity contribution is 5.87. The van der Waals surface area contributed by atoms with E-state index in [9.17, 15) is 4.79 Å². The Morgan fingerprint density at radius 3 is 2.87 bits per heavy atom. The molecule has 1 aliphatic rings. The molecule has 1 aromatic rings. The topological polar surface area (TPSA) is 62.2 Å². The largest absolute Gasteiger partial charge is 0.478 e. The maximum Gasteiger partial charge on any atom is 0.337 e. The number of carboxylic acids is 1. The lowest BCUT2D eigenvalue weighted by atomic mass is 10.1. The van der Waals surface area contributed by atoms with E-state index in [1.165, 1.54) is 6.20 Å². The van der Waals surface area contributed by atoms with Gasteiger partial charge in [0.05, 0.1) is 5.56 Å². The van der Waals surface area contributed by atoms with Gasteiger partial charge in [0.2, 0.25) is 0 Å². The second-order valence-electron chi connectivity index (χ2n) is 3.38. The molecule has 4 nitrogen and oxygen atoms in total. The third-order valence-corrected chi connectivity index (χ3v) is 2.42. The first-order chi connectivity index (χ1) is 6.77. The zero-order chi connectivity index (χ0) is 9.97. The van der Waals surface area contributed by atoms with Crippen molar-refractivity contribution in [2.24, 2.45) is 0 Å². The Hall–Kier alpha value is -1.13. The van der Waals surface area contributed by atoms with Crippen LogP contribution in [0.5, 0.6) is 0 Å². The minimum Gasteiger partial charge on any atom is -0.478 e. The fourth-order valence-corrected chi connectivity index (χ4v) is 1.65. The predicted molar refractivity (Wildman–Crippen MR) is 58.7 cm³/mol. The van der Waals surface area contributed by atoms with E-state index in [1.807, 2.05) is 0 Å². The molecule has 0 radical (unpaired) electrons. The molecule has 0 unspecified atom stereocenters. The molecule has 82 valence electrons. The van der Waals surface area contributed by atoms with Gasteiger partial charge in [0.15, 0.2) is 0 Å². The maximum atomic E-state index is 10.7. The van der Waals surface area contributed by atoms with E-state index >= 15 is 0 Å². The van der Waals surface area contributed by atoms with Crippen LogP contribution in [-0.4, -0.2) is 29.1 Å². The van der Waals surface area contributed by atoms with E-state index in [1.54, 1.807) is 6.07 Å². The highest BCUT2D eigenvalue weighted by Crippen LogP contribution is 2.12. The summed E-state index contributed by atoms with van der Waals surface area (Å²) in [6.07, 6.45) is 3.19. The average Bonchev–Trinajstić information content (AvgIpc) is 2.41. The van der Waals surface area contributed by atoms with Crippen LogP contribution in [0.2, 0.25) is 0 Å². The monoisotopic (exact) mass is 228 g/mol. The highest BCUT2D eigenvalue weighted by Gasteiger charge is 2.11. The van der Waals surface area contributed by atoms with Crippen LogP contribution in [0.3, 0.4) is 0 Å². The van der Waals surface area contributed by atoms with Crippen LogP contribution in [0.1, 0.15) is 21.6 Å². The third-order valence-electron chi connectivity index (χ3n) is 2.42. The summed E-state index contributed by atoms with van der Waals surface area (Å²) in [4.78, 5) is 14.9. The van der Waals surface area contributed by atoms with Gasteiger partial charge in [-0.25, -0.2) is 4.79 Å². The van der Waals surface area contributed by atoms with Gasteiger partial charge in [-0.3, -0.25) is 4.98 Å². The van der Waals surface area contributed by atoms with Gasteiger partial charge in [-0.1, -0.05) is 0 Å². The zero-order valence-electron chi connectivity index (χ0n) is 8.19. The van der Waals surface area contributed by atoms with E-state index < -0.39 is 5.97 Å². The van der Waals surface area contributed by atoms with Crippen molar-refractivity contribution >= 4 is 18.4 Å². The third kappa shape index (κ3) is 2.67. The second kappa shape index (κ2) is 5.09. The highest BCUT2D eigenvalue weighted by atomic mass is 35.5. The molecule has 0 fully saturated rings. The van der Waals surface area contributed by atoms with Gasteiger partial charge in [-0.2, -0.15) is 0 Å². The van der Waals surface area contributed by atoms with Crippen LogP contribution in [-0.2, 0) is 12.8 Å². The molecule has 15 heavy (non-hydrogen) atoms. The molecule has 0 saturated carbocycles. The van der Waals surface area contributed by atoms with Crippen molar-refractivity contribution in [3.05, 3.63) is 29.1 Å². The number of carboxylic acid groups (broad SMARTS) is 1. The summed E-state index contributed by atoms with van der Waals surface area (Å²) in [6, 6.07) is 1.73. The van der Waals surface area contributed by atoms with E-state index in [0.29, 0.717) is 0 Å². The van der Waals surface area contributed by atoms with Crippen LogP contribution in [0.4, 0.5) is 0 Å². The van der Waals surface area contributed by atoms with Crippen molar-refractivity contribution in [1.29, 1.82) is 0 Å². The number of nitrogens with one attached hydrogen (secondary N) is 1. The average molecular weight is 229 g/mol. The summed E-state index contributed by atoms with van der Waals surface area (Å²) in [5, 5.41) is 12.1. The van der Waals surface area contributed by atoms with E-state index in [-0.39, 0.29) is 18.0 Å². The molecule has 2 N–H and O–H groups in total. The predicted octanol–water partition coefficient (Wildman–Crippen LogP) is 0.890. The summed E-state index contributed by atoms with van der Waals surface area (Å²) in [5.74, 6) is -0.905. The number of nitrogens with zero attached hydrogens (tertiary/aromatic N) is 1. The minimum atomic E-state index is -0.905. The number of fused-ring (bicyclic) bond motifs is 1. The lowest BCUT2D eigenvalue weighted by Gasteiger charge is -2.04. The Morgan fingerprint density at radius 1 is 1.40 bits per heavy atom. The van der Waals surface area contributed by atoms with Crippen molar-refractivity contribution in [3.63, 3.8) is 0 Å². The Bertz CT molecular complexity index is 368. The standard InChI is InChI=1S/C10H12N2O2.ClH/c13-10(14)8-5-7-1-3-11-4-2-9(7)12-6-8;/h5-6,11H,1-4H2,(H,13,14);1H. The van der Waals surface area contributed by atoms with Crippen LogP contribution >= 0.6 is 12.4 Å². The van der Waals surface area contributed by atoms with Crippen molar-refractivity contribution in [1.82, 2.24) is 10.3 Å². The molecule has 0 spiro atoms. The van der Waals surface area contributed by atoms with Crippen LogP contribution in [0.25, 0.3) is 0 Å². The Balaban J connectivity index is 0.00000112. The number of hydrogen-bond donors (Lipinski definition) is 2. The molecular weight excluding hydrogens is 216 g/mol. The van der Waals surface area contributed by atoms with Crippen LogP contribution in [0.15, 0.2) is 12.3 Å². The molecule has 2 rings (SSSR count). The molecule has 0 atom stereocenters. The number of halogens is 1. The molecule has 2 heterocycles. The smallest absolute Gasteiger partial charge is 0.337 e. The first kappa shape index (κ1) is 11.9. The van der Waals surface area contributed by atoms with Crippen molar-refractivity contribution in [2.75, 3.05) is 13.1 Å². The summed E-state index contributed by atoms with van der Waals surface area (Å²) < 4.78 is 0.